The van der Waals surface area contributed by atoms with Gasteiger partial charge in [-0.3, -0.25) is 0 Å². The van der Waals surface area contributed by atoms with E-state index in [0.717, 1.165) is 40.6 Å². The first-order chi connectivity index (χ1) is 13.2. The molecule has 1 N–H and O–H groups in total. The molecule has 27 heavy (non-hydrogen) atoms. The van der Waals surface area contributed by atoms with E-state index in [1.165, 1.54) is 0 Å². The van der Waals surface area contributed by atoms with Gasteiger partial charge >= 0.3 is 0 Å². The lowest BCUT2D eigenvalue weighted by atomic mass is 10.1. The summed E-state index contributed by atoms with van der Waals surface area (Å²) < 4.78 is 7.73. The van der Waals surface area contributed by atoms with Crippen LogP contribution in [-0.4, -0.2) is 34.3 Å². The zero-order valence-electron chi connectivity index (χ0n) is 15.1. The zero-order valence-corrected chi connectivity index (χ0v) is 15.1. The van der Waals surface area contributed by atoms with Crippen LogP contribution >= 0.6 is 0 Å². The van der Waals surface area contributed by atoms with Gasteiger partial charge in [-0.1, -0.05) is 18.7 Å². The number of anilines is 1. The van der Waals surface area contributed by atoms with Crippen LogP contribution in [0.15, 0.2) is 43.2 Å². The lowest BCUT2D eigenvalue weighted by Crippen LogP contribution is -2.24. The Morgan fingerprint density at radius 2 is 2.26 bits per heavy atom. The van der Waals surface area contributed by atoms with Crippen molar-refractivity contribution in [2.24, 2.45) is 0 Å². The van der Waals surface area contributed by atoms with Gasteiger partial charge in [-0.05, 0) is 19.1 Å². The third kappa shape index (κ3) is 3.06. The maximum Gasteiger partial charge on any atom is 0.195 e. The highest BCUT2D eigenvalue weighted by molar-refractivity contribution is 5.74. The van der Waals surface area contributed by atoms with Crippen LogP contribution in [0.1, 0.15) is 18.1 Å². The van der Waals surface area contributed by atoms with E-state index in [2.05, 4.69) is 33.7 Å². The number of nitrogens with one attached hydrogen (secondary N) is 1. The molecular formula is C20H20N6O. The van der Waals surface area contributed by atoms with Crippen molar-refractivity contribution in [3.8, 4) is 5.75 Å². The molecule has 0 unspecified atom stereocenters. The maximum atomic E-state index is 7.52. The SMILES string of the molecule is [C-]#[N+]c1cccc2c1CN(CC)c1ccn3ncc(c3n1)C(=C)NCCO2. The first-order valence-electron chi connectivity index (χ1n) is 8.86. The van der Waals surface area contributed by atoms with E-state index in [9.17, 15) is 0 Å². The molecular weight excluding hydrogens is 340 g/mol. The van der Waals surface area contributed by atoms with Crippen molar-refractivity contribution in [2.75, 3.05) is 24.6 Å². The fraction of sp³-hybridized carbons (Fsp3) is 0.250. The number of nitrogens with zero attached hydrogens (tertiary/aromatic N) is 5. The molecule has 0 amide bonds. The molecule has 3 aromatic rings. The van der Waals surface area contributed by atoms with E-state index in [-0.39, 0.29) is 0 Å². The van der Waals surface area contributed by atoms with E-state index >= 15 is 0 Å². The van der Waals surface area contributed by atoms with Crippen LogP contribution in [-0.2, 0) is 6.54 Å². The largest absolute Gasteiger partial charge is 0.493 e. The lowest BCUT2D eigenvalue weighted by molar-refractivity contribution is 0.318. The summed E-state index contributed by atoms with van der Waals surface area (Å²) >= 11 is 0. The van der Waals surface area contributed by atoms with Crippen molar-refractivity contribution in [3.63, 3.8) is 0 Å². The van der Waals surface area contributed by atoms with Crippen molar-refractivity contribution in [2.45, 2.75) is 13.5 Å². The Morgan fingerprint density at radius 1 is 1.37 bits per heavy atom. The number of hydrogen-bond donors (Lipinski definition) is 1. The Balaban J connectivity index is 1.86. The number of fused-ring (bicyclic) bond motifs is 2. The summed E-state index contributed by atoms with van der Waals surface area (Å²) in [6.07, 6.45) is 3.67. The maximum absolute atomic E-state index is 7.52. The minimum atomic E-state index is 0.467. The molecule has 1 aliphatic heterocycles. The molecule has 0 spiro atoms. The standard InChI is InChI=1S/C20H20N6O/c1-4-25-13-16-17(21-3)6-5-7-18(16)27-11-9-22-14(2)15-12-23-26-10-8-19(25)24-20(15)26/h5-8,10,12,22H,2,4,9,11,13H2,1H3. The van der Waals surface area contributed by atoms with Crippen LogP contribution in [0.25, 0.3) is 16.2 Å². The number of benzene rings is 1. The Hall–Kier alpha value is -3.53. The second-order valence-corrected chi connectivity index (χ2v) is 6.25. The molecule has 7 heteroatoms. The molecule has 4 rings (SSSR count). The predicted molar refractivity (Wildman–Crippen MR) is 105 cm³/mol. The molecule has 136 valence electrons. The third-order valence-electron chi connectivity index (χ3n) is 4.66. The Morgan fingerprint density at radius 3 is 3.07 bits per heavy atom. The van der Waals surface area contributed by atoms with Gasteiger partial charge in [-0.25, -0.2) is 14.3 Å². The predicted octanol–water partition coefficient (Wildman–Crippen LogP) is 3.26. The molecule has 0 saturated carbocycles. The number of hydrogen-bond acceptors (Lipinski definition) is 5. The van der Waals surface area contributed by atoms with Crippen molar-refractivity contribution in [1.82, 2.24) is 19.9 Å². The molecule has 1 aromatic carbocycles. The quantitative estimate of drug-likeness (QED) is 0.675. The number of rotatable bonds is 1. The Bertz CT molecular complexity index is 1050. The molecule has 2 aromatic heterocycles. The topological polar surface area (TPSA) is 59.1 Å². The molecule has 0 atom stereocenters. The Kier molecular flexibility index (Phi) is 4.38. The van der Waals surface area contributed by atoms with Crippen LogP contribution in [0.5, 0.6) is 5.75 Å². The highest BCUT2D eigenvalue weighted by Gasteiger charge is 2.17. The molecule has 2 bridgehead atoms. The van der Waals surface area contributed by atoms with Gasteiger partial charge in [-0.2, -0.15) is 5.10 Å². The summed E-state index contributed by atoms with van der Waals surface area (Å²) in [6, 6.07) is 7.53. The summed E-state index contributed by atoms with van der Waals surface area (Å²) in [5.41, 5.74) is 3.86. The lowest BCUT2D eigenvalue weighted by Gasteiger charge is -2.24. The zero-order chi connectivity index (χ0) is 18.8. The molecule has 0 fully saturated rings. The van der Waals surface area contributed by atoms with Crippen molar-refractivity contribution < 1.29 is 4.74 Å². The fourth-order valence-corrected chi connectivity index (χ4v) is 3.21. The second-order valence-electron chi connectivity index (χ2n) is 6.25. The first-order valence-corrected chi connectivity index (χ1v) is 8.86. The number of ether oxygens (including phenoxy) is 1. The fourth-order valence-electron chi connectivity index (χ4n) is 3.21. The smallest absolute Gasteiger partial charge is 0.195 e. The summed E-state index contributed by atoms with van der Waals surface area (Å²) in [6.45, 7) is 16.1. The average Bonchev–Trinajstić information content (AvgIpc) is 3.12. The van der Waals surface area contributed by atoms with Crippen LogP contribution in [0.3, 0.4) is 0 Å². The van der Waals surface area contributed by atoms with E-state index in [0.29, 0.717) is 25.4 Å². The van der Waals surface area contributed by atoms with Crippen LogP contribution < -0.4 is 15.0 Å². The van der Waals surface area contributed by atoms with Gasteiger partial charge in [0.25, 0.3) is 0 Å². The van der Waals surface area contributed by atoms with Gasteiger partial charge in [0.1, 0.15) is 18.2 Å². The van der Waals surface area contributed by atoms with E-state index in [1.807, 2.05) is 30.5 Å². The minimum absolute atomic E-state index is 0.467. The monoisotopic (exact) mass is 360 g/mol. The number of aromatic nitrogens is 3. The highest BCUT2D eigenvalue weighted by Crippen LogP contribution is 2.32. The van der Waals surface area contributed by atoms with E-state index in [1.54, 1.807) is 10.7 Å². The van der Waals surface area contributed by atoms with Gasteiger partial charge in [0, 0.05) is 37.1 Å². The van der Waals surface area contributed by atoms with E-state index < -0.39 is 0 Å². The van der Waals surface area contributed by atoms with Gasteiger partial charge in [0.2, 0.25) is 0 Å². The normalized spacial score (nSPS) is 14.4. The average molecular weight is 360 g/mol. The minimum Gasteiger partial charge on any atom is -0.493 e. The van der Waals surface area contributed by atoms with E-state index in [4.69, 9.17) is 16.3 Å². The Labute approximate surface area is 157 Å². The molecule has 7 nitrogen and oxygen atoms in total. The van der Waals surface area contributed by atoms with Gasteiger partial charge in [0.15, 0.2) is 11.3 Å². The van der Waals surface area contributed by atoms with Gasteiger partial charge in [0.05, 0.1) is 18.3 Å². The van der Waals surface area contributed by atoms with Crippen LogP contribution in [0.4, 0.5) is 11.5 Å². The van der Waals surface area contributed by atoms with Crippen LogP contribution in [0.2, 0.25) is 0 Å². The molecule has 0 aliphatic carbocycles. The summed E-state index contributed by atoms with van der Waals surface area (Å²) in [4.78, 5) is 10.6. The summed E-state index contributed by atoms with van der Waals surface area (Å²) in [5, 5.41) is 7.63. The van der Waals surface area contributed by atoms with Crippen molar-refractivity contribution in [1.29, 1.82) is 0 Å². The van der Waals surface area contributed by atoms with Gasteiger partial charge < -0.3 is 15.0 Å². The van der Waals surface area contributed by atoms with Crippen molar-refractivity contribution >= 4 is 22.8 Å². The molecule has 3 heterocycles. The van der Waals surface area contributed by atoms with Gasteiger partial charge in [-0.15, -0.1) is 0 Å². The molecule has 0 saturated heterocycles. The molecule has 1 aliphatic rings. The third-order valence-corrected chi connectivity index (χ3v) is 4.66. The highest BCUT2D eigenvalue weighted by atomic mass is 16.5. The molecule has 0 radical (unpaired) electrons. The summed E-state index contributed by atoms with van der Waals surface area (Å²) in [5.74, 6) is 1.56. The second kappa shape index (κ2) is 7.00. The summed E-state index contributed by atoms with van der Waals surface area (Å²) in [7, 11) is 0. The van der Waals surface area contributed by atoms with Crippen LogP contribution in [0, 0.1) is 6.57 Å². The van der Waals surface area contributed by atoms with Crippen molar-refractivity contribution in [3.05, 3.63) is 65.8 Å². The first kappa shape index (κ1) is 16.9.